The number of ether oxygens (including phenoxy) is 2. The van der Waals surface area contributed by atoms with Gasteiger partial charge in [0, 0.05) is 18.7 Å². The number of nitrogens with zero attached hydrogens (tertiary/aromatic N) is 1. The number of fused-ring (bicyclic) bond motifs is 1. The van der Waals surface area contributed by atoms with E-state index in [4.69, 9.17) is 9.47 Å². The van der Waals surface area contributed by atoms with Gasteiger partial charge in [0.25, 0.3) is 0 Å². The molecule has 24 heavy (non-hydrogen) atoms. The van der Waals surface area contributed by atoms with Crippen LogP contribution in [0.1, 0.15) is 36.9 Å². The fourth-order valence-corrected chi connectivity index (χ4v) is 2.88. The Labute approximate surface area is 142 Å². The van der Waals surface area contributed by atoms with Crippen LogP contribution in [-0.4, -0.2) is 23.7 Å². The number of hydrogen-bond acceptors (Lipinski definition) is 4. The van der Waals surface area contributed by atoms with E-state index in [0.29, 0.717) is 6.54 Å². The molecule has 0 aliphatic carbocycles. The maximum absolute atomic E-state index is 11.9. The number of alkyl carbamates (subject to hydrolysis) is 1. The maximum Gasteiger partial charge on any atom is 0.407 e. The number of hydrogen-bond donors (Lipinski definition) is 1. The van der Waals surface area contributed by atoms with Crippen LogP contribution in [0, 0.1) is 0 Å². The lowest BCUT2D eigenvalue weighted by Gasteiger charge is -2.30. The summed E-state index contributed by atoms with van der Waals surface area (Å²) in [5, 5.41) is 2.85. The number of rotatable bonds is 5. The van der Waals surface area contributed by atoms with Crippen molar-refractivity contribution in [1.29, 1.82) is 0 Å². The Bertz CT molecular complexity index is 675. The fraction of sp³-hybridized carbons (Fsp3) is 0.368. The van der Waals surface area contributed by atoms with E-state index in [1.165, 1.54) is 0 Å². The molecule has 126 valence electrons. The molecular formula is C19H22N2O3. The van der Waals surface area contributed by atoms with Crippen molar-refractivity contribution in [1.82, 2.24) is 10.3 Å². The molecule has 1 aromatic heterocycles. The molecule has 0 fully saturated rings. The van der Waals surface area contributed by atoms with Gasteiger partial charge in [-0.15, -0.1) is 0 Å². The lowest BCUT2D eigenvalue weighted by molar-refractivity contribution is 0.131. The average Bonchev–Trinajstić information content (AvgIpc) is 2.65. The largest absolute Gasteiger partial charge is 0.488 e. The molecule has 2 heterocycles. The van der Waals surface area contributed by atoms with Crippen LogP contribution in [0.3, 0.4) is 0 Å². The summed E-state index contributed by atoms with van der Waals surface area (Å²) in [4.78, 5) is 16.4. The molecule has 1 amide bonds. The van der Waals surface area contributed by atoms with Crippen LogP contribution in [0.5, 0.6) is 5.75 Å². The molecule has 3 rings (SSSR count). The molecule has 0 saturated heterocycles. The van der Waals surface area contributed by atoms with Crippen LogP contribution >= 0.6 is 0 Å². The highest BCUT2D eigenvalue weighted by Crippen LogP contribution is 2.34. The highest BCUT2D eigenvalue weighted by molar-refractivity contribution is 5.67. The van der Waals surface area contributed by atoms with Crippen LogP contribution in [0.4, 0.5) is 4.79 Å². The van der Waals surface area contributed by atoms with E-state index in [0.717, 1.165) is 29.8 Å². The van der Waals surface area contributed by atoms with Crippen LogP contribution in [0.2, 0.25) is 0 Å². The summed E-state index contributed by atoms with van der Waals surface area (Å²) in [5.74, 6) is 0.962. The second-order valence-corrected chi connectivity index (χ2v) is 5.91. The van der Waals surface area contributed by atoms with Crippen molar-refractivity contribution in [2.24, 2.45) is 0 Å². The van der Waals surface area contributed by atoms with Crippen molar-refractivity contribution in [2.45, 2.75) is 38.4 Å². The first kappa shape index (κ1) is 16.3. The molecule has 0 bridgehead atoms. The number of carbonyl (C=O) groups is 1. The van der Waals surface area contributed by atoms with Gasteiger partial charge in [-0.25, -0.2) is 4.79 Å². The number of benzene rings is 1. The second kappa shape index (κ2) is 7.81. The first-order valence-electron chi connectivity index (χ1n) is 8.32. The number of pyridine rings is 1. The first-order chi connectivity index (χ1) is 11.8. The normalized spacial score (nSPS) is 19.0. The first-order valence-corrected chi connectivity index (χ1v) is 8.32. The lowest BCUT2D eigenvalue weighted by Crippen LogP contribution is -2.34. The number of nitrogens with one attached hydrogen (secondary N) is 1. The highest BCUT2D eigenvalue weighted by Gasteiger charge is 2.28. The summed E-state index contributed by atoms with van der Waals surface area (Å²) < 4.78 is 11.2. The van der Waals surface area contributed by atoms with E-state index in [2.05, 4.69) is 17.2 Å². The van der Waals surface area contributed by atoms with Crippen LogP contribution < -0.4 is 10.1 Å². The Kier molecular flexibility index (Phi) is 5.31. The molecule has 2 atom stereocenters. The molecule has 0 saturated carbocycles. The summed E-state index contributed by atoms with van der Waals surface area (Å²) in [5.41, 5.74) is 1.88. The minimum atomic E-state index is -0.407. The molecule has 0 unspecified atom stereocenters. The van der Waals surface area contributed by atoms with Crippen LogP contribution in [-0.2, 0) is 11.3 Å². The molecule has 5 heteroatoms. The molecule has 1 aliphatic rings. The van der Waals surface area contributed by atoms with E-state index < -0.39 is 6.09 Å². The van der Waals surface area contributed by atoms with Crippen molar-refractivity contribution < 1.29 is 14.3 Å². The summed E-state index contributed by atoms with van der Waals surface area (Å²) in [6, 6.07) is 13.4. The zero-order chi connectivity index (χ0) is 16.8. The molecule has 0 spiro atoms. The van der Waals surface area contributed by atoms with Gasteiger partial charge in [-0.05, 0) is 30.5 Å². The Hall–Kier alpha value is -2.56. The second-order valence-electron chi connectivity index (χ2n) is 5.91. The fourth-order valence-electron chi connectivity index (χ4n) is 2.88. The van der Waals surface area contributed by atoms with Gasteiger partial charge in [0.15, 0.2) is 0 Å². The zero-order valence-electron chi connectivity index (χ0n) is 13.8. The van der Waals surface area contributed by atoms with Gasteiger partial charge in [-0.3, -0.25) is 4.98 Å². The van der Waals surface area contributed by atoms with Crippen LogP contribution in [0.25, 0.3) is 0 Å². The molecule has 0 radical (unpaired) electrons. The Morgan fingerprint density at radius 3 is 2.92 bits per heavy atom. The summed E-state index contributed by atoms with van der Waals surface area (Å²) >= 11 is 0. The zero-order valence-corrected chi connectivity index (χ0v) is 13.8. The van der Waals surface area contributed by atoms with Gasteiger partial charge < -0.3 is 14.8 Å². The quantitative estimate of drug-likeness (QED) is 0.911. The standard InChI is InChI=1S/C19H22N2O3/c1-2-16-11-15(18-17(24-16)9-6-10-20-18)12-21-19(22)23-13-14-7-4-3-5-8-14/h3-10,15-16H,2,11-13H2,1H3,(H,21,22)/t15-,16-/m1/s1. The molecule has 1 aromatic carbocycles. The number of aromatic nitrogens is 1. The van der Waals surface area contributed by atoms with Crippen LogP contribution in [0.15, 0.2) is 48.7 Å². The monoisotopic (exact) mass is 326 g/mol. The Balaban J connectivity index is 1.54. The van der Waals surface area contributed by atoms with Crippen molar-refractivity contribution in [2.75, 3.05) is 6.54 Å². The molecule has 1 aliphatic heterocycles. The van der Waals surface area contributed by atoms with Crippen molar-refractivity contribution in [3.63, 3.8) is 0 Å². The molecule has 1 N–H and O–H groups in total. The summed E-state index contributed by atoms with van der Waals surface area (Å²) in [7, 11) is 0. The maximum atomic E-state index is 11.9. The molecular weight excluding hydrogens is 304 g/mol. The van der Waals surface area contributed by atoms with Gasteiger partial charge in [0.1, 0.15) is 12.4 Å². The van der Waals surface area contributed by atoms with Gasteiger partial charge in [0.2, 0.25) is 0 Å². The van der Waals surface area contributed by atoms with Crippen molar-refractivity contribution in [3.05, 3.63) is 59.9 Å². The van der Waals surface area contributed by atoms with E-state index in [1.807, 2.05) is 42.5 Å². The van der Waals surface area contributed by atoms with Gasteiger partial charge >= 0.3 is 6.09 Å². The lowest BCUT2D eigenvalue weighted by atomic mass is 9.93. The predicted octanol–water partition coefficient (Wildman–Crippen LogP) is 3.65. The van der Waals surface area contributed by atoms with Crippen molar-refractivity contribution >= 4 is 6.09 Å². The van der Waals surface area contributed by atoms with Gasteiger partial charge in [-0.1, -0.05) is 37.3 Å². The molecule has 2 aromatic rings. The summed E-state index contributed by atoms with van der Waals surface area (Å²) in [6.07, 6.45) is 3.29. The van der Waals surface area contributed by atoms with E-state index in [-0.39, 0.29) is 18.6 Å². The third-order valence-electron chi connectivity index (χ3n) is 4.19. The predicted molar refractivity (Wildman–Crippen MR) is 90.9 cm³/mol. The topological polar surface area (TPSA) is 60.5 Å². The minimum absolute atomic E-state index is 0.143. The molecule has 5 nitrogen and oxygen atoms in total. The number of carbonyl (C=O) groups excluding carboxylic acids is 1. The SMILES string of the molecule is CC[C@@H]1C[C@H](CNC(=O)OCc2ccccc2)c2ncccc2O1. The minimum Gasteiger partial charge on any atom is -0.488 e. The summed E-state index contributed by atoms with van der Waals surface area (Å²) in [6.45, 7) is 2.87. The third kappa shape index (κ3) is 4.04. The average molecular weight is 326 g/mol. The van der Waals surface area contributed by atoms with Crippen molar-refractivity contribution in [3.8, 4) is 5.75 Å². The Morgan fingerprint density at radius 1 is 1.29 bits per heavy atom. The van der Waals surface area contributed by atoms with Gasteiger partial charge in [0.05, 0.1) is 11.8 Å². The van der Waals surface area contributed by atoms with E-state index >= 15 is 0 Å². The number of amides is 1. The third-order valence-corrected chi connectivity index (χ3v) is 4.19. The highest BCUT2D eigenvalue weighted by atomic mass is 16.5. The van der Waals surface area contributed by atoms with E-state index in [1.54, 1.807) is 6.20 Å². The smallest absolute Gasteiger partial charge is 0.407 e. The Morgan fingerprint density at radius 2 is 2.12 bits per heavy atom. The van der Waals surface area contributed by atoms with Gasteiger partial charge in [-0.2, -0.15) is 0 Å². The van der Waals surface area contributed by atoms with E-state index in [9.17, 15) is 4.79 Å².